The predicted octanol–water partition coefficient (Wildman–Crippen LogP) is 4.56. The first kappa shape index (κ1) is 18.2. The van der Waals surface area contributed by atoms with Gasteiger partial charge in [-0.05, 0) is 37.1 Å². The summed E-state index contributed by atoms with van der Waals surface area (Å²) in [6, 6.07) is 15.7. The van der Waals surface area contributed by atoms with Crippen LogP contribution in [0, 0.1) is 13.8 Å². The van der Waals surface area contributed by atoms with Crippen LogP contribution in [0.2, 0.25) is 5.02 Å². The Morgan fingerprint density at radius 3 is 2.35 bits per heavy atom. The first-order chi connectivity index (χ1) is 12.6. The van der Waals surface area contributed by atoms with Gasteiger partial charge in [0, 0.05) is 28.9 Å². The van der Waals surface area contributed by atoms with Crippen LogP contribution in [0.15, 0.2) is 48.5 Å². The predicted molar refractivity (Wildman–Crippen MR) is 107 cm³/mol. The molecule has 0 atom stereocenters. The zero-order valence-electron chi connectivity index (χ0n) is 14.8. The number of aliphatic hydroxyl groups is 1. The molecular weight excluding hydrogens is 348 g/mol. The van der Waals surface area contributed by atoms with Gasteiger partial charge in [0.05, 0.1) is 12.3 Å². The summed E-state index contributed by atoms with van der Waals surface area (Å²) < 4.78 is 0. The summed E-state index contributed by atoms with van der Waals surface area (Å²) in [5, 5.41) is 16.2. The lowest BCUT2D eigenvalue weighted by Crippen LogP contribution is -2.10. The van der Waals surface area contributed by atoms with Crippen molar-refractivity contribution in [2.45, 2.75) is 13.8 Å². The van der Waals surface area contributed by atoms with Gasteiger partial charge >= 0.3 is 0 Å². The van der Waals surface area contributed by atoms with Gasteiger partial charge in [0.25, 0.3) is 0 Å². The summed E-state index contributed by atoms with van der Waals surface area (Å²) in [5.41, 5.74) is 4.85. The minimum atomic E-state index is 0.0110. The van der Waals surface area contributed by atoms with Crippen LogP contribution in [0.25, 0.3) is 11.3 Å². The topological polar surface area (TPSA) is 70.1 Å². The number of aromatic nitrogens is 2. The highest BCUT2D eigenvalue weighted by molar-refractivity contribution is 6.30. The van der Waals surface area contributed by atoms with Crippen molar-refractivity contribution < 1.29 is 5.11 Å². The van der Waals surface area contributed by atoms with E-state index in [-0.39, 0.29) is 6.61 Å². The van der Waals surface area contributed by atoms with Crippen molar-refractivity contribution in [1.29, 1.82) is 0 Å². The third kappa shape index (κ3) is 4.31. The molecule has 0 spiro atoms. The molecule has 1 aromatic heterocycles. The molecule has 3 aromatic rings. The van der Waals surface area contributed by atoms with Crippen molar-refractivity contribution in [2.24, 2.45) is 0 Å². The fourth-order valence-corrected chi connectivity index (χ4v) is 3.08. The normalized spacial score (nSPS) is 10.6. The van der Waals surface area contributed by atoms with Crippen LogP contribution in [0.3, 0.4) is 0 Å². The Bertz CT molecular complexity index is 877. The first-order valence-electron chi connectivity index (χ1n) is 8.40. The Labute approximate surface area is 158 Å². The summed E-state index contributed by atoms with van der Waals surface area (Å²) >= 11 is 6.13. The molecule has 26 heavy (non-hydrogen) atoms. The van der Waals surface area contributed by atoms with Crippen LogP contribution in [-0.4, -0.2) is 28.2 Å². The van der Waals surface area contributed by atoms with E-state index in [4.69, 9.17) is 16.7 Å². The van der Waals surface area contributed by atoms with E-state index < -0.39 is 0 Å². The molecule has 2 aromatic carbocycles. The standard InChI is InChI=1S/C20H21ClN4O/c1-13-10-16(21)11-14(2)19(13)24-18-12-17(15-6-4-3-5-7-15)23-20(25-18)22-8-9-26/h3-7,10-12,26H,8-9H2,1-2H3,(H2,22,23,24,25). The third-order valence-electron chi connectivity index (χ3n) is 3.94. The lowest BCUT2D eigenvalue weighted by molar-refractivity contribution is 0.311. The minimum absolute atomic E-state index is 0.0110. The molecule has 0 aliphatic carbocycles. The maximum absolute atomic E-state index is 9.07. The van der Waals surface area contributed by atoms with E-state index in [1.807, 2.05) is 62.4 Å². The second-order valence-electron chi connectivity index (χ2n) is 6.02. The molecule has 0 aliphatic rings. The number of rotatable bonds is 6. The van der Waals surface area contributed by atoms with Crippen LogP contribution in [0.5, 0.6) is 0 Å². The maximum Gasteiger partial charge on any atom is 0.225 e. The van der Waals surface area contributed by atoms with Crippen molar-refractivity contribution >= 4 is 29.1 Å². The van der Waals surface area contributed by atoms with Gasteiger partial charge < -0.3 is 15.7 Å². The number of hydrogen-bond donors (Lipinski definition) is 3. The SMILES string of the molecule is Cc1cc(Cl)cc(C)c1Nc1cc(-c2ccccc2)nc(NCCO)n1. The summed E-state index contributed by atoms with van der Waals surface area (Å²) in [4.78, 5) is 9.07. The minimum Gasteiger partial charge on any atom is -0.395 e. The Hall–Kier alpha value is -2.63. The van der Waals surface area contributed by atoms with Gasteiger partial charge in [0.1, 0.15) is 5.82 Å². The molecule has 5 nitrogen and oxygen atoms in total. The molecule has 0 bridgehead atoms. The van der Waals surface area contributed by atoms with E-state index in [1.165, 1.54) is 0 Å². The van der Waals surface area contributed by atoms with Gasteiger partial charge in [0.2, 0.25) is 5.95 Å². The van der Waals surface area contributed by atoms with Crippen LogP contribution in [0.4, 0.5) is 17.5 Å². The van der Waals surface area contributed by atoms with Gasteiger partial charge in [-0.3, -0.25) is 0 Å². The van der Waals surface area contributed by atoms with E-state index in [0.29, 0.717) is 23.3 Å². The maximum atomic E-state index is 9.07. The van der Waals surface area contributed by atoms with E-state index in [9.17, 15) is 0 Å². The van der Waals surface area contributed by atoms with Crippen LogP contribution >= 0.6 is 11.6 Å². The Morgan fingerprint density at radius 2 is 1.69 bits per heavy atom. The first-order valence-corrected chi connectivity index (χ1v) is 8.77. The number of hydrogen-bond acceptors (Lipinski definition) is 5. The molecule has 1 heterocycles. The second-order valence-corrected chi connectivity index (χ2v) is 6.45. The highest BCUT2D eigenvalue weighted by Crippen LogP contribution is 2.29. The average molecular weight is 369 g/mol. The van der Waals surface area contributed by atoms with Crippen molar-refractivity contribution in [2.75, 3.05) is 23.8 Å². The zero-order valence-corrected chi connectivity index (χ0v) is 15.5. The number of aliphatic hydroxyl groups excluding tert-OH is 1. The molecular formula is C20H21ClN4O. The van der Waals surface area contributed by atoms with Crippen molar-refractivity contribution in [3.05, 3.63) is 64.7 Å². The largest absolute Gasteiger partial charge is 0.395 e. The Balaban J connectivity index is 2.01. The fraction of sp³-hybridized carbons (Fsp3) is 0.200. The zero-order chi connectivity index (χ0) is 18.5. The van der Waals surface area contributed by atoms with Crippen molar-refractivity contribution in [1.82, 2.24) is 9.97 Å². The molecule has 134 valence electrons. The molecule has 3 rings (SSSR count). The van der Waals surface area contributed by atoms with Crippen molar-refractivity contribution in [3.63, 3.8) is 0 Å². The molecule has 0 unspecified atom stereocenters. The highest BCUT2D eigenvalue weighted by atomic mass is 35.5. The van der Waals surface area contributed by atoms with Crippen LogP contribution in [-0.2, 0) is 0 Å². The number of nitrogens with zero attached hydrogens (tertiary/aromatic N) is 2. The molecule has 0 saturated heterocycles. The van der Waals surface area contributed by atoms with Gasteiger partial charge in [-0.15, -0.1) is 0 Å². The van der Waals surface area contributed by atoms with Crippen LogP contribution < -0.4 is 10.6 Å². The molecule has 3 N–H and O–H groups in total. The summed E-state index contributed by atoms with van der Waals surface area (Å²) in [5.74, 6) is 1.14. The number of anilines is 3. The average Bonchev–Trinajstić information content (AvgIpc) is 2.63. The lowest BCUT2D eigenvalue weighted by Gasteiger charge is -2.15. The second kappa shape index (κ2) is 8.17. The van der Waals surface area contributed by atoms with E-state index in [0.717, 1.165) is 28.1 Å². The number of aryl methyl sites for hydroxylation is 2. The van der Waals surface area contributed by atoms with Gasteiger partial charge in [-0.2, -0.15) is 4.98 Å². The smallest absolute Gasteiger partial charge is 0.225 e. The molecule has 0 fully saturated rings. The molecule has 0 saturated carbocycles. The molecule has 6 heteroatoms. The van der Waals surface area contributed by atoms with E-state index >= 15 is 0 Å². The Morgan fingerprint density at radius 1 is 1.00 bits per heavy atom. The van der Waals surface area contributed by atoms with Gasteiger partial charge in [-0.25, -0.2) is 4.98 Å². The third-order valence-corrected chi connectivity index (χ3v) is 4.16. The van der Waals surface area contributed by atoms with E-state index in [2.05, 4.69) is 20.6 Å². The van der Waals surface area contributed by atoms with Crippen LogP contribution in [0.1, 0.15) is 11.1 Å². The monoisotopic (exact) mass is 368 g/mol. The summed E-state index contributed by atoms with van der Waals surface area (Å²) in [7, 11) is 0. The van der Waals surface area contributed by atoms with Gasteiger partial charge in [0.15, 0.2) is 0 Å². The van der Waals surface area contributed by atoms with Gasteiger partial charge in [-0.1, -0.05) is 41.9 Å². The van der Waals surface area contributed by atoms with E-state index in [1.54, 1.807) is 0 Å². The van der Waals surface area contributed by atoms with Crippen molar-refractivity contribution in [3.8, 4) is 11.3 Å². The Kier molecular flexibility index (Phi) is 5.71. The highest BCUT2D eigenvalue weighted by Gasteiger charge is 2.10. The number of nitrogens with one attached hydrogen (secondary N) is 2. The molecule has 0 amide bonds. The molecule has 0 radical (unpaired) electrons. The quantitative estimate of drug-likeness (QED) is 0.595. The fourth-order valence-electron chi connectivity index (χ4n) is 2.75. The molecule has 0 aliphatic heterocycles. The lowest BCUT2D eigenvalue weighted by atomic mass is 10.1. The summed E-state index contributed by atoms with van der Waals surface area (Å²) in [6.07, 6.45) is 0. The summed E-state index contributed by atoms with van der Waals surface area (Å²) in [6.45, 7) is 4.41. The number of benzene rings is 2. The number of halogens is 1.